The molecule has 0 aromatic heterocycles. The standard InChI is InChI=1S/C30H36/c1-3-5-6-8-26-11-15-28(16-12-26)18-20-30-23-21-29(22-24-30)19-17-27-13-9-25(7-4-2)10-14-27/h9-10,13-14,21-24,26,28H,3,5-6,8,11-12,15-16,18,20H2,1-2H3. The zero-order valence-electron chi connectivity index (χ0n) is 18.8. The van der Waals surface area contributed by atoms with Crippen LogP contribution in [0.2, 0.25) is 0 Å². The minimum Gasteiger partial charge on any atom is -0.101 e. The first-order valence-corrected chi connectivity index (χ1v) is 11.9. The van der Waals surface area contributed by atoms with Gasteiger partial charge >= 0.3 is 0 Å². The second kappa shape index (κ2) is 12.3. The van der Waals surface area contributed by atoms with Crippen LogP contribution in [0.1, 0.15) is 93.9 Å². The first kappa shape index (κ1) is 22.2. The molecule has 1 saturated carbocycles. The van der Waals surface area contributed by atoms with Gasteiger partial charge in [-0.1, -0.05) is 88.2 Å². The molecule has 0 N–H and O–H groups in total. The molecule has 0 amide bonds. The van der Waals surface area contributed by atoms with Crippen molar-refractivity contribution in [2.75, 3.05) is 0 Å². The van der Waals surface area contributed by atoms with Gasteiger partial charge in [0.1, 0.15) is 0 Å². The van der Waals surface area contributed by atoms with E-state index in [0.29, 0.717) is 0 Å². The summed E-state index contributed by atoms with van der Waals surface area (Å²) in [6.07, 6.45) is 14.1. The van der Waals surface area contributed by atoms with Crippen LogP contribution in [0.25, 0.3) is 0 Å². The fourth-order valence-electron chi connectivity index (χ4n) is 4.54. The third kappa shape index (κ3) is 7.43. The summed E-state index contributed by atoms with van der Waals surface area (Å²) >= 11 is 0. The summed E-state index contributed by atoms with van der Waals surface area (Å²) in [4.78, 5) is 0. The number of aryl methyl sites for hydroxylation is 1. The van der Waals surface area contributed by atoms with Crippen LogP contribution in [0, 0.1) is 35.5 Å². The fraction of sp³-hybridized carbons (Fsp3) is 0.467. The zero-order valence-corrected chi connectivity index (χ0v) is 18.8. The molecule has 0 saturated heterocycles. The summed E-state index contributed by atoms with van der Waals surface area (Å²) < 4.78 is 0. The van der Waals surface area contributed by atoms with Crippen LogP contribution in [0.15, 0.2) is 48.5 Å². The summed E-state index contributed by atoms with van der Waals surface area (Å²) in [7, 11) is 0. The average Bonchev–Trinajstić information content (AvgIpc) is 2.79. The van der Waals surface area contributed by atoms with E-state index in [4.69, 9.17) is 0 Å². The maximum atomic E-state index is 3.28. The Bertz CT molecular complexity index is 870. The van der Waals surface area contributed by atoms with Gasteiger partial charge in [0.25, 0.3) is 0 Å². The maximum absolute atomic E-state index is 3.28. The molecule has 0 heterocycles. The highest BCUT2D eigenvalue weighted by Gasteiger charge is 2.20. The normalized spacial score (nSPS) is 18.1. The molecule has 1 aliphatic carbocycles. The van der Waals surface area contributed by atoms with Crippen molar-refractivity contribution in [2.24, 2.45) is 11.8 Å². The lowest BCUT2D eigenvalue weighted by Crippen LogP contribution is -2.15. The van der Waals surface area contributed by atoms with Crippen molar-refractivity contribution in [1.29, 1.82) is 0 Å². The minimum atomic E-state index is 0.937. The van der Waals surface area contributed by atoms with E-state index in [1.807, 2.05) is 31.2 Å². The van der Waals surface area contributed by atoms with Gasteiger partial charge in [0.05, 0.1) is 0 Å². The molecule has 0 nitrogen and oxygen atoms in total. The number of benzene rings is 2. The first-order chi connectivity index (χ1) is 14.8. The Morgan fingerprint density at radius 1 is 0.667 bits per heavy atom. The highest BCUT2D eigenvalue weighted by atomic mass is 14.3. The highest BCUT2D eigenvalue weighted by molar-refractivity contribution is 5.46. The molecule has 3 rings (SSSR count). The maximum Gasteiger partial charge on any atom is 0.0249 e. The minimum absolute atomic E-state index is 0.937. The van der Waals surface area contributed by atoms with Gasteiger partial charge in [0.2, 0.25) is 0 Å². The van der Waals surface area contributed by atoms with Gasteiger partial charge in [-0.15, -0.1) is 5.92 Å². The molecule has 0 radical (unpaired) electrons. The van der Waals surface area contributed by atoms with E-state index in [1.54, 1.807) is 0 Å². The number of unbranched alkanes of at least 4 members (excludes halogenated alkanes) is 2. The molecule has 0 bridgehead atoms. The molecule has 0 spiro atoms. The van der Waals surface area contributed by atoms with Crippen molar-refractivity contribution in [3.05, 3.63) is 70.8 Å². The largest absolute Gasteiger partial charge is 0.101 e. The van der Waals surface area contributed by atoms with E-state index < -0.39 is 0 Å². The second-order valence-electron chi connectivity index (χ2n) is 8.82. The molecule has 0 unspecified atom stereocenters. The molecule has 156 valence electrons. The first-order valence-electron chi connectivity index (χ1n) is 11.9. The van der Waals surface area contributed by atoms with Crippen LogP contribution in [0.4, 0.5) is 0 Å². The van der Waals surface area contributed by atoms with Gasteiger partial charge in [0.15, 0.2) is 0 Å². The second-order valence-corrected chi connectivity index (χ2v) is 8.82. The molecule has 0 aliphatic heterocycles. The van der Waals surface area contributed by atoms with Crippen molar-refractivity contribution >= 4 is 0 Å². The summed E-state index contributed by atoms with van der Waals surface area (Å²) in [5, 5.41) is 0. The van der Waals surface area contributed by atoms with Crippen molar-refractivity contribution in [3.63, 3.8) is 0 Å². The smallest absolute Gasteiger partial charge is 0.0249 e. The Morgan fingerprint density at radius 2 is 1.17 bits per heavy atom. The number of rotatable bonds is 7. The van der Waals surface area contributed by atoms with E-state index in [9.17, 15) is 0 Å². The van der Waals surface area contributed by atoms with Gasteiger partial charge < -0.3 is 0 Å². The zero-order chi connectivity index (χ0) is 21.0. The van der Waals surface area contributed by atoms with Gasteiger partial charge in [0, 0.05) is 16.7 Å². The number of hydrogen-bond acceptors (Lipinski definition) is 0. The van der Waals surface area contributed by atoms with E-state index in [-0.39, 0.29) is 0 Å². The van der Waals surface area contributed by atoms with Crippen molar-refractivity contribution in [3.8, 4) is 23.7 Å². The van der Waals surface area contributed by atoms with Gasteiger partial charge in [-0.2, -0.15) is 0 Å². The Labute approximate surface area is 184 Å². The van der Waals surface area contributed by atoms with Crippen molar-refractivity contribution in [2.45, 2.75) is 78.1 Å². The molecular formula is C30H36. The Hall–Kier alpha value is -2.44. The van der Waals surface area contributed by atoms with E-state index in [1.165, 1.54) is 69.8 Å². The van der Waals surface area contributed by atoms with Crippen LogP contribution >= 0.6 is 0 Å². The quantitative estimate of drug-likeness (QED) is 0.331. The lowest BCUT2D eigenvalue weighted by Gasteiger charge is -2.28. The topological polar surface area (TPSA) is 0 Å². The summed E-state index contributed by atoms with van der Waals surface area (Å²) in [5.41, 5.74) is 4.61. The fourth-order valence-corrected chi connectivity index (χ4v) is 4.54. The van der Waals surface area contributed by atoms with E-state index in [0.717, 1.165) is 28.5 Å². The lowest BCUT2D eigenvalue weighted by molar-refractivity contribution is 0.249. The Morgan fingerprint density at radius 3 is 1.70 bits per heavy atom. The third-order valence-electron chi connectivity index (χ3n) is 6.48. The summed E-state index contributed by atoms with van der Waals surface area (Å²) in [6, 6.07) is 17.0. The molecule has 1 aliphatic rings. The van der Waals surface area contributed by atoms with Crippen LogP contribution in [0.5, 0.6) is 0 Å². The molecular weight excluding hydrogens is 360 g/mol. The summed E-state index contributed by atoms with van der Waals surface area (Å²) in [5.74, 6) is 14.5. The molecule has 2 aromatic carbocycles. The molecule has 2 aromatic rings. The third-order valence-corrected chi connectivity index (χ3v) is 6.48. The van der Waals surface area contributed by atoms with Crippen LogP contribution in [0.3, 0.4) is 0 Å². The predicted octanol–water partition coefficient (Wildman–Crippen LogP) is 7.78. The Balaban J connectivity index is 1.42. The molecule has 30 heavy (non-hydrogen) atoms. The van der Waals surface area contributed by atoms with Crippen molar-refractivity contribution in [1.82, 2.24) is 0 Å². The SMILES string of the molecule is CC#Cc1ccc(C#Cc2ccc(CCC3CCC(CCCCC)CC3)cc2)cc1. The highest BCUT2D eigenvalue weighted by Crippen LogP contribution is 2.34. The van der Waals surface area contributed by atoms with E-state index in [2.05, 4.69) is 54.9 Å². The van der Waals surface area contributed by atoms with Crippen LogP contribution in [-0.4, -0.2) is 0 Å². The van der Waals surface area contributed by atoms with Crippen molar-refractivity contribution < 1.29 is 0 Å². The molecule has 0 heteroatoms. The lowest BCUT2D eigenvalue weighted by atomic mass is 9.78. The Kier molecular flexibility index (Phi) is 9.12. The predicted molar refractivity (Wildman–Crippen MR) is 129 cm³/mol. The number of hydrogen-bond donors (Lipinski definition) is 0. The van der Waals surface area contributed by atoms with Gasteiger partial charge in [-0.25, -0.2) is 0 Å². The van der Waals surface area contributed by atoms with E-state index >= 15 is 0 Å². The summed E-state index contributed by atoms with van der Waals surface area (Å²) in [6.45, 7) is 4.16. The monoisotopic (exact) mass is 396 g/mol. The molecule has 0 atom stereocenters. The average molecular weight is 397 g/mol. The molecule has 1 fully saturated rings. The van der Waals surface area contributed by atoms with Crippen LogP contribution < -0.4 is 0 Å². The van der Waals surface area contributed by atoms with Crippen LogP contribution in [-0.2, 0) is 6.42 Å². The van der Waals surface area contributed by atoms with Gasteiger partial charge in [-0.05, 0) is 73.6 Å². The van der Waals surface area contributed by atoms with Gasteiger partial charge in [-0.3, -0.25) is 0 Å².